The molecule has 0 aromatic rings. The van der Waals surface area contributed by atoms with Crippen LogP contribution in [0.5, 0.6) is 0 Å². The van der Waals surface area contributed by atoms with E-state index in [1.165, 1.54) is 6.42 Å². The van der Waals surface area contributed by atoms with Gasteiger partial charge >= 0.3 is 0 Å². The van der Waals surface area contributed by atoms with Gasteiger partial charge in [0.05, 0.1) is 24.4 Å². The van der Waals surface area contributed by atoms with Crippen LogP contribution in [0.15, 0.2) is 0 Å². The van der Waals surface area contributed by atoms with Crippen LogP contribution >= 0.6 is 0 Å². The van der Waals surface area contributed by atoms with Gasteiger partial charge in [-0.25, -0.2) is 0 Å². The number of hydrogen-bond donors (Lipinski definition) is 3. The quantitative estimate of drug-likeness (QED) is 0.0836. The van der Waals surface area contributed by atoms with Crippen molar-refractivity contribution in [2.75, 3.05) is 6.61 Å². The van der Waals surface area contributed by atoms with Gasteiger partial charge in [0.1, 0.15) is 6.10 Å². The molecule has 9 atom stereocenters. The molecule has 1 saturated carbocycles. The van der Waals surface area contributed by atoms with Crippen LogP contribution in [0.2, 0.25) is 0 Å². The van der Waals surface area contributed by atoms with Crippen molar-refractivity contribution >= 4 is 0 Å². The van der Waals surface area contributed by atoms with Crippen molar-refractivity contribution in [3.05, 3.63) is 0 Å². The Morgan fingerprint density at radius 2 is 0.684 bits per heavy atom. The molecular weight excluding hydrogens is 707 g/mol. The van der Waals surface area contributed by atoms with Crippen molar-refractivity contribution in [1.82, 2.24) is 16.0 Å². The highest BCUT2D eigenvalue weighted by molar-refractivity contribution is 4.93. The Balaban J connectivity index is 1.63. The van der Waals surface area contributed by atoms with Gasteiger partial charge in [-0.2, -0.15) is 0 Å². The fourth-order valence-electron chi connectivity index (χ4n) is 10.6. The third-order valence-corrected chi connectivity index (χ3v) is 15.1. The van der Waals surface area contributed by atoms with Gasteiger partial charge in [0, 0.05) is 42.9 Å². The van der Waals surface area contributed by atoms with E-state index in [4.69, 9.17) is 18.9 Å². The smallest absolute Gasteiger partial charge is 0.184 e. The third kappa shape index (κ3) is 15.2. The maximum Gasteiger partial charge on any atom is 0.184 e. The summed E-state index contributed by atoms with van der Waals surface area (Å²) in [6, 6.07) is 2.76. The van der Waals surface area contributed by atoms with E-state index in [2.05, 4.69) is 127 Å². The molecule has 3 aliphatic heterocycles. The summed E-state index contributed by atoms with van der Waals surface area (Å²) < 4.78 is 29.3. The summed E-state index contributed by atoms with van der Waals surface area (Å²) in [6.07, 6.45) is 12.0. The molecule has 0 radical (unpaired) electrons. The first kappa shape index (κ1) is 49.4. The Labute approximate surface area is 354 Å². The zero-order valence-corrected chi connectivity index (χ0v) is 40.3. The summed E-state index contributed by atoms with van der Waals surface area (Å²) in [5.41, 5.74) is 0. The second kappa shape index (κ2) is 23.2. The molecule has 4 rings (SSSR count). The largest absolute Gasteiger partial charge is 0.378 e. The molecule has 7 nitrogen and oxygen atoms in total. The Kier molecular flexibility index (Phi) is 20.1. The topological polar surface area (TPSA) is 73.0 Å². The molecule has 0 aromatic heterocycles. The molecule has 57 heavy (non-hydrogen) atoms. The molecule has 4 aliphatic rings. The van der Waals surface area contributed by atoms with Crippen LogP contribution in [0.4, 0.5) is 0 Å². The van der Waals surface area contributed by atoms with Crippen LogP contribution in [0.25, 0.3) is 0 Å². The van der Waals surface area contributed by atoms with Crippen LogP contribution in [0, 0.1) is 59.2 Å². The molecule has 3 N–H and O–H groups in total. The van der Waals surface area contributed by atoms with E-state index in [-0.39, 0.29) is 24.4 Å². The van der Waals surface area contributed by atoms with Crippen molar-refractivity contribution in [3.8, 4) is 0 Å². The highest BCUT2D eigenvalue weighted by Crippen LogP contribution is 2.40. The highest BCUT2D eigenvalue weighted by Gasteiger charge is 2.41. The van der Waals surface area contributed by atoms with E-state index in [9.17, 15) is 0 Å². The number of rotatable bonds is 20. The lowest BCUT2D eigenvalue weighted by Crippen LogP contribution is -2.55. The number of hydrogen-bond acceptors (Lipinski definition) is 7. The Morgan fingerprint density at radius 3 is 1.00 bits per heavy atom. The molecular formula is C50H97N3O4. The first-order chi connectivity index (χ1) is 26.8. The predicted octanol–water partition coefficient (Wildman–Crippen LogP) is 11.0. The Hall–Kier alpha value is -0.280. The normalized spacial score (nSPS) is 35.8. The molecule has 1 aliphatic carbocycles. The molecule has 336 valence electrons. The van der Waals surface area contributed by atoms with Crippen LogP contribution < -0.4 is 16.0 Å². The van der Waals surface area contributed by atoms with Crippen molar-refractivity contribution in [3.63, 3.8) is 0 Å². The third-order valence-electron chi connectivity index (χ3n) is 15.1. The van der Waals surface area contributed by atoms with Gasteiger partial charge in [0.25, 0.3) is 0 Å². The molecule has 3 heterocycles. The fourth-order valence-corrected chi connectivity index (χ4v) is 10.6. The predicted molar refractivity (Wildman–Crippen MR) is 241 cm³/mol. The summed E-state index contributed by atoms with van der Waals surface area (Å²) in [6.45, 7) is 38.7. The minimum atomic E-state index is -0.399. The van der Waals surface area contributed by atoms with Crippen LogP contribution in [-0.4, -0.2) is 79.7 Å². The molecule has 0 bridgehead atoms. The lowest BCUT2D eigenvalue weighted by atomic mass is 9.71. The lowest BCUT2D eigenvalue weighted by molar-refractivity contribution is -0.267. The summed E-state index contributed by atoms with van der Waals surface area (Å²) in [5.74, 6) is 6.10. The second-order valence-electron chi connectivity index (χ2n) is 22.5. The van der Waals surface area contributed by atoms with Gasteiger partial charge in [-0.1, -0.05) is 111 Å². The number of piperidine rings is 3. The van der Waals surface area contributed by atoms with Crippen molar-refractivity contribution < 1.29 is 18.9 Å². The van der Waals surface area contributed by atoms with E-state index < -0.39 is 6.29 Å². The van der Waals surface area contributed by atoms with E-state index >= 15 is 0 Å². The van der Waals surface area contributed by atoms with Crippen LogP contribution in [-0.2, 0) is 18.9 Å². The lowest BCUT2D eigenvalue weighted by Gasteiger charge is -2.45. The van der Waals surface area contributed by atoms with Crippen LogP contribution in [0.1, 0.15) is 181 Å². The molecule has 7 heteroatoms. The summed E-state index contributed by atoms with van der Waals surface area (Å²) in [7, 11) is 0. The SMILES string of the molecule is CC(C)C1CC(OC(CCCOC2CC(C(C)C)NC(C(C)C)C2)C(OC2CC(C(C)C)NC(C(C)C)C2)OC2CC(C(C)C)NC(C(C)C)C2)CC(C(C)C)C1. The first-order valence-electron chi connectivity index (χ1n) is 24.7. The number of ether oxygens (including phenoxy) is 4. The maximum absolute atomic E-state index is 7.54. The van der Waals surface area contributed by atoms with Gasteiger partial charge in [0.2, 0.25) is 0 Å². The Morgan fingerprint density at radius 1 is 0.368 bits per heavy atom. The molecule has 9 unspecified atom stereocenters. The summed E-state index contributed by atoms with van der Waals surface area (Å²) in [4.78, 5) is 0. The minimum absolute atomic E-state index is 0.132. The monoisotopic (exact) mass is 804 g/mol. The summed E-state index contributed by atoms with van der Waals surface area (Å²) >= 11 is 0. The van der Waals surface area contributed by atoms with E-state index in [1.54, 1.807) is 0 Å². The highest BCUT2D eigenvalue weighted by atomic mass is 16.7. The van der Waals surface area contributed by atoms with Gasteiger partial charge < -0.3 is 34.9 Å². The van der Waals surface area contributed by atoms with Gasteiger partial charge in [-0.05, 0) is 130 Å². The van der Waals surface area contributed by atoms with Crippen LogP contribution in [0.3, 0.4) is 0 Å². The molecule has 0 amide bonds. The van der Waals surface area contributed by atoms with E-state index in [0.717, 1.165) is 70.8 Å². The molecule has 0 aromatic carbocycles. The van der Waals surface area contributed by atoms with Gasteiger partial charge in [-0.3, -0.25) is 0 Å². The maximum atomic E-state index is 7.54. The first-order valence-corrected chi connectivity index (χ1v) is 24.7. The standard InChI is InChI=1S/C50H97N3O4/c1-29(2)37-20-38(30(3)4)22-40(21-37)55-49(18-17-19-54-39-23-43(31(5)6)51-44(24-39)32(7)8)50(56-41-25-45(33(9)10)52-46(26-41)34(11)12)57-42-27-47(35(13)14)53-48(28-42)36(15)16/h29-53H,17-28H2,1-16H3. The minimum Gasteiger partial charge on any atom is -0.378 e. The zero-order chi connectivity index (χ0) is 42.1. The van der Waals surface area contributed by atoms with Crippen molar-refractivity contribution in [1.29, 1.82) is 0 Å². The average molecular weight is 804 g/mol. The average Bonchev–Trinajstić information content (AvgIpc) is 3.15. The summed E-state index contributed by atoms with van der Waals surface area (Å²) in [5, 5.41) is 12.0. The molecule has 3 saturated heterocycles. The zero-order valence-electron chi connectivity index (χ0n) is 40.3. The van der Waals surface area contributed by atoms with Gasteiger partial charge in [0.15, 0.2) is 6.29 Å². The van der Waals surface area contributed by atoms with Crippen molar-refractivity contribution in [2.24, 2.45) is 59.2 Å². The van der Waals surface area contributed by atoms with Crippen molar-refractivity contribution in [2.45, 2.75) is 254 Å². The van der Waals surface area contributed by atoms with Gasteiger partial charge in [-0.15, -0.1) is 0 Å². The molecule has 0 spiro atoms. The number of nitrogens with one attached hydrogen (secondary N) is 3. The van der Waals surface area contributed by atoms with E-state index in [1.807, 2.05) is 0 Å². The van der Waals surface area contributed by atoms with E-state index in [0.29, 0.717) is 102 Å². The second-order valence-corrected chi connectivity index (χ2v) is 22.5. The fraction of sp³-hybridized carbons (Fsp3) is 1.00. The molecule has 4 fully saturated rings. The Bertz CT molecular complexity index is 1010.